The molecule has 0 saturated carbocycles. The molecule has 0 radical (unpaired) electrons. The Morgan fingerprint density at radius 2 is 1.64 bits per heavy atom. The van der Waals surface area contributed by atoms with Crippen molar-refractivity contribution in [3.63, 3.8) is 0 Å². The fraction of sp³-hybridized carbons (Fsp3) is 0.462. The van der Waals surface area contributed by atoms with Crippen molar-refractivity contribution in [2.24, 2.45) is 5.92 Å². The first-order chi connectivity index (χ1) is 5.72. The molecule has 0 aliphatic rings. The van der Waals surface area contributed by atoms with E-state index in [0.717, 1.165) is 12.1 Å². The van der Waals surface area contributed by atoms with Crippen LogP contribution >= 0.6 is 0 Å². The second kappa shape index (κ2) is 7.15. The van der Waals surface area contributed by atoms with E-state index in [0.29, 0.717) is 5.92 Å². The molecule has 1 rings (SSSR count). The van der Waals surface area contributed by atoms with Crippen molar-refractivity contribution in [2.75, 3.05) is 0 Å². The van der Waals surface area contributed by atoms with Gasteiger partial charge in [-0.3, -0.25) is 0 Å². The van der Waals surface area contributed by atoms with Crippen molar-refractivity contribution in [1.82, 2.24) is 0 Å². The normalized spacial score (nSPS) is 8.43. The van der Waals surface area contributed by atoms with Crippen LogP contribution in [-0.4, -0.2) is 0 Å². The maximum atomic E-state index is 6.78. The van der Waals surface area contributed by atoms with Gasteiger partial charge in [0.2, 0.25) is 0 Å². The summed E-state index contributed by atoms with van der Waals surface area (Å²) in [7, 11) is 0. The second-order valence-electron chi connectivity index (χ2n) is 3.38. The smallest absolute Gasteiger partial charge is 0.187 e. The molecule has 0 aliphatic heterocycles. The molecule has 1 aromatic rings. The zero-order valence-corrected chi connectivity index (χ0v) is 7.54. The highest BCUT2D eigenvalue weighted by molar-refractivity contribution is 5.45. The first-order valence-corrected chi connectivity index (χ1v) is 4.19. The summed E-state index contributed by atoms with van der Waals surface area (Å²) in [6.07, 6.45) is 1.10. The van der Waals surface area contributed by atoms with Crippen LogP contribution in [-0.2, 0) is 6.42 Å². The van der Waals surface area contributed by atoms with E-state index < -0.39 is 0 Å². The Morgan fingerprint density at radius 3 is 2.00 bits per heavy atom. The highest BCUT2D eigenvalue weighted by Gasteiger charge is 1.96. The molecule has 14 heavy (non-hydrogen) atoms. The van der Waals surface area contributed by atoms with Gasteiger partial charge in [0.05, 0.1) is 6.57 Å². The molecular weight excluding hydrogens is 170 g/mol. The Kier molecular flexibility index (Phi) is 7.76. The molecular formula is C13H21N. The fourth-order valence-electron chi connectivity index (χ4n) is 1.18. The molecule has 0 saturated heterocycles. The average Bonchev–Trinajstić information content (AvgIpc) is 2.05. The van der Waals surface area contributed by atoms with Crippen LogP contribution in [0.2, 0.25) is 0 Å². The van der Waals surface area contributed by atoms with E-state index in [-0.39, 0.29) is 14.9 Å². The Bertz CT molecular complexity index is 277. The van der Waals surface area contributed by atoms with Gasteiger partial charge in [0.1, 0.15) is 0 Å². The quantitative estimate of drug-likeness (QED) is 0.596. The first-order valence-electron chi connectivity index (χ1n) is 4.19. The van der Waals surface area contributed by atoms with E-state index in [4.69, 9.17) is 6.57 Å². The van der Waals surface area contributed by atoms with E-state index >= 15 is 0 Å². The second-order valence-corrected chi connectivity index (χ2v) is 3.38. The number of rotatable bonds is 2. The minimum atomic E-state index is 0. The summed E-state index contributed by atoms with van der Waals surface area (Å²) in [4.78, 5) is 3.34. The van der Waals surface area contributed by atoms with Crippen LogP contribution in [0.5, 0.6) is 0 Å². The lowest BCUT2D eigenvalue weighted by molar-refractivity contribution is 0.647. The summed E-state index contributed by atoms with van der Waals surface area (Å²) in [5, 5.41) is 0. The number of benzene rings is 1. The van der Waals surface area contributed by atoms with E-state index in [1.165, 1.54) is 5.56 Å². The minimum absolute atomic E-state index is 0. The van der Waals surface area contributed by atoms with Crippen LogP contribution in [0.25, 0.3) is 4.85 Å². The van der Waals surface area contributed by atoms with Gasteiger partial charge in [0.15, 0.2) is 5.69 Å². The summed E-state index contributed by atoms with van der Waals surface area (Å²) in [5.41, 5.74) is 2.04. The SMILES string of the molecule is C.C.[C-]#[N+]c1ccc(CC(C)C)cc1. The lowest BCUT2D eigenvalue weighted by Gasteiger charge is -2.03. The molecule has 0 amide bonds. The number of nitrogens with zero attached hydrogens (tertiary/aromatic N) is 1. The lowest BCUT2D eigenvalue weighted by Crippen LogP contribution is -1.92. The van der Waals surface area contributed by atoms with Gasteiger partial charge in [-0.1, -0.05) is 58.5 Å². The summed E-state index contributed by atoms with van der Waals surface area (Å²) in [6.45, 7) is 11.2. The van der Waals surface area contributed by atoms with Crippen LogP contribution in [0.15, 0.2) is 24.3 Å². The Morgan fingerprint density at radius 1 is 1.14 bits per heavy atom. The van der Waals surface area contributed by atoms with E-state index in [9.17, 15) is 0 Å². The highest BCUT2D eigenvalue weighted by Crippen LogP contribution is 2.14. The third-order valence-corrected chi connectivity index (χ3v) is 1.71. The van der Waals surface area contributed by atoms with Gasteiger partial charge < -0.3 is 0 Å². The zero-order valence-electron chi connectivity index (χ0n) is 7.54. The van der Waals surface area contributed by atoms with E-state index in [2.05, 4.69) is 18.7 Å². The van der Waals surface area contributed by atoms with Gasteiger partial charge in [-0.15, -0.1) is 0 Å². The largest absolute Gasteiger partial charge is 0.238 e. The monoisotopic (exact) mass is 191 g/mol. The predicted octanol–water partition coefficient (Wildman–Crippen LogP) is 4.71. The minimum Gasteiger partial charge on any atom is -0.238 e. The summed E-state index contributed by atoms with van der Waals surface area (Å²) in [6, 6.07) is 7.83. The third-order valence-electron chi connectivity index (χ3n) is 1.71. The van der Waals surface area contributed by atoms with Crippen LogP contribution < -0.4 is 0 Å². The maximum Gasteiger partial charge on any atom is 0.187 e. The summed E-state index contributed by atoms with van der Waals surface area (Å²) >= 11 is 0. The highest BCUT2D eigenvalue weighted by atomic mass is 14.6. The molecule has 0 N–H and O–H groups in total. The van der Waals surface area contributed by atoms with Crippen molar-refractivity contribution in [2.45, 2.75) is 35.1 Å². The van der Waals surface area contributed by atoms with Crippen LogP contribution in [0.3, 0.4) is 0 Å². The van der Waals surface area contributed by atoms with Crippen molar-refractivity contribution in [3.05, 3.63) is 41.2 Å². The molecule has 0 aromatic heterocycles. The first kappa shape index (κ1) is 15.2. The van der Waals surface area contributed by atoms with Crippen molar-refractivity contribution in [3.8, 4) is 0 Å². The number of hydrogen-bond donors (Lipinski definition) is 0. The van der Waals surface area contributed by atoms with Gasteiger partial charge in [0, 0.05) is 0 Å². The lowest BCUT2D eigenvalue weighted by atomic mass is 10.0. The summed E-state index contributed by atoms with van der Waals surface area (Å²) in [5.74, 6) is 0.684. The molecule has 1 nitrogen and oxygen atoms in total. The van der Waals surface area contributed by atoms with Gasteiger partial charge in [-0.25, -0.2) is 4.85 Å². The van der Waals surface area contributed by atoms with Crippen molar-refractivity contribution >= 4 is 5.69 Å². The van der Waals surface area contributed by atoms with Gasteiger partial charge in [-0.05, 0) is 12.3 Å². The molecule has 0 aliphatic carbocycles. The fourth-order valence-corrected chi connectivity index (χ4v) is 1.18. The maximum absolute atomic E-state index is 6.78. The van der Waals surface area contributed by atoms with Crippen molar-refractivity contribution < 1.29 is 0 Å². The predicted molar refractivity (Wildman–Crippen MR) is 64.7 cm³/mol. The topological polar surface area (TPSA) is 4.36 Å². The summed E-state index contributed by atoms with van der Waals surface area (Å²) < 4.78 is 0. The van der Waals surface area contributed by atoms with E-state index in [1.807, 2.05) is 24.3 Å². The van der Waals surface area contributed by atoms with Gasteiger partial charge >= 0.3 is 0 Å². The van der Waals surface area contributed by atoms with Crippen LogP contribution in [0.4, 0.5) is 5.69 Å². The van der Waals surface area contributed by atoms with Crippen LogP contribution in [0.1, 0.15) is 34.3 Å². The molecule has 0 bridgehead atoms. The standard InChI is InChI=1S/C11H13N.2CH4/c1-9(2)8-10-4-6-11(12-3)7-5-10;;/h4-7,9H,8H2,1-2H3;2*1H4. The Hall–Kier alpha value is -1.29. The molecule has 0 unspecified atom stereocenters. The molecule has 1 heteroatoms. The van der Waals surface area contributed by atoms with Gasteiger partial charge in [0.25, 0.3) is 0 Å². The van der Waals surface area contributed by atoms with Crippen molar-refractivity contribution in [1.29, 1.82) is 0 Å². The van der Waals surface area contributed by atoms with E-state index in [1.54, 1.807) is 0 Å². The molecule has 0 spiro atoms. The molecule has 1 aromatic carbocycles. The van der Waals surface area contributed by atoms with Gasteiger partial charge in [-0.2, -0.15) is 0 Å². The third kappa shape index (κ3) is 4.67. The Balaban J connectivity index is 0. The zero-order chi connectivity index (χ0) is 8.97. The molecule has 78 valence electrons. The molecule has 0 heterocycles. The number of hydrogen-bond acceptors (Lipinski definition) is 0. The molecule has 0 fully saturated rings. The van der Waals surface area contributed by atoms with Crippen LogP contribution in [0, 0.1) is 12.5 Å². The molecule has 0 atom stereocenters. The Labute approximate surface area is 88.6 Å². The average molecular weight is 191 g/mol.